The largest absolute Gasteiger partial charge is 0.496 e. The number of aliphatic hydroxyl groups excluding tert-OH is 1. The van der Waals surface area contributed by atoms with Gasteiger partial charge in [0.1, 0.15) is 17.4 Å². The van der Waals surface area contributed by atoms with Gasteiger partial charge in [0.2, 0.25) is 0 Å². The van der Waals surface area contributed by atoms with E-state index in [0.29, 0.717) is 12.5 Å². The number of piperidine rings is 1. The number of anilines is 2. The quantitative estimate of drug-likeness (QED) is 0.577. The van der Waals surface area contributed by atoms with Crippen molar-refractivity contribution in [2.24, 2.45) is 0 Å². The summed E-state index contributed by atoms with van der Waals surface area (Å²) < 4.78 is 5.63. The second-order valence-electron chi connectivity index (χ2n) is 9.78. The van der Waals surface area contributed by atoms with Gasteiger partial charge in [-0.15, -0.1) is 0 Å². The molecule has 1 aliphatic carbocycles. The first kappa shape index (κ1) is 22.0. The monoisotopic (exact) mass is 446 g/mol. The van der Waals surface area contributed by atoms with Crippen LogP contribution in [0.4, 0.5) is 11.5 Å². The second kappa shape index (κ2) is 8.82. The predicted octanol–water partition coefficient (Wildman–Crippen LogP) is 4.50. The minimum absolute atomic E-state index is 0.116. The summed E-state index contributed by atoms with van der Waals surface area (Å²) in [5, 5.41) is 10.5. The van der Waals surface area contributed by atoms with Crippen molar-refractivity contribution in [3.8, 4) is 5.75 Å². The minimum Gasteiger partial charge on any atom is -0.496 e. The van der Waals surface area contributed by atoms with E-state index in [9.17, 15) is 5.11 Å². The molecule has 0 radical (unpaired) electrons. The maximum atomic E-state index is 9.38. The minimum atomic E-state index is 0.116. The van der Waals surface area contributed by atoms with Crippen LogP contribution in [0.5, 0.6) is 5.75 Å². The van der Waals surface area contributed by atoms with E-state index in [1.54, 1.807) is 7.11 Å². The third-order valence-corrected chi connectivity index (χ3v) is 7.45. The molecule has 2 aromatic carbocycles. The topological polar surface area (TPSA) is 61.7 Å². The van der Waals surface area contributed by atoms with E-state index in [1.165, 1.54) is 5.56 Å². The normalized spacial score (nSPS) is 17.9. The molecule has 2 fully saturated rings. The van der Waals surface area contributed by atoms with Crippen LogP contribution in [0.2, 0.25) is 0 Å². The number of ether oxygens (including phenoxy) is 1. The van der Waals surface area contributed by atoms with Crippen LogP contribution in [-0.2, 0) is 5.41 Å². The number of likely N-dealkylation sites (N-methyl/N-ethyl adjacent to an activating group) is 1. The summed E-state index contributed by atoms with van der Waals surface area (Å²) >= 11 is 0. The van der Waals surface area contributed by atoms with Crippen LogP contribution in [-0.4, -0.2) is 55.5 Å². The zero-order chi connectivity index (χ0) is 23.0. The van der Waals surface area contributed by atoms with E-state index < -0.39 is 0 Å². The Morgan fingerprint density at radius 2 is 1.88 bits per heavy atom. The lowest BCUT2D eigenvalue weighted by Crippen LogP contribution is -2.34. The van der Waals surface area contributed by atoms with Crippen LogP contribution in [0.1, 0.15) is 49.9 Å². The first-order chi connectivity index (χ1) is 16.0. The molecule has 1 saturated carbocycles. The number of nitrogens with zero attached hydrogens (tertiary/aromatic N) is 4. The summed E-state index contributed by atoms with van der Waals surface area (Å²) in [6, 6.07) is 14.8. The molecule has 174 valence electrons. The van der Waals surface area contributed by atoms with Gasteiger partial charge in [-0.05, 0) is 61.4 Å². The Bertz CT molecular complexity index is 1140. The van der Waals surface area contributed by atoms with Gasteiger partial charge in [-0.1, -0.05) is 25.1 Å². The third-order valence-electron chi connectivity index (χ3n) is 7.45. The molecule has 6 heteroatoms. The molecule has 0 spiro atoms. The summed E-state index contributed by atoms with van der Waals surface area (Å²) in [5.41, 5.74) is 3.52. The maximum Gasteiger partial charge on any atom is 0.140 e. The zero-order valence-corrected chi connectivity index (χ0v) is 19.9. The Kier molecular flexibility index (Phi) is 5.87. The smallest absolute Gasteiger partial charge is 0.140 e. The van der Waals surface area contributed by atoms with Crippen LogP contribution in [0.25, 0.3) is 10.9 Å². The van der Waals surface area contributed by atoms with Crippen molar-refractivity contribution in [2.75, 3.05) is 50.2 Å². The van der Waals surface area contributed by atoms with E-state index in [1.807, 2.05) is 13.1 Å². The van der Waals surface area contributed by atoms with Gasteiger partial charge in [-0.3, -0.25) is 0 Å². The lowest BCUT2D eigenvalue weighted by molar-refractivity contribution is 0.304. The number of fused-ring (bicyclic) bond motifs is 1. The van der Waals surface area contributed by atoms with Crippen molar-refractivity contribution in [1.29, 1.82) is 0 Å². The van der Waals surface area contributed by atoms with Gasteiger partial charge in [-0.2, -0.15) is 0 Å². The second-order valence-corrected chi connectivity index (χ2v) is 9.78. The Labute approximate surface area is 196 Å². The van der Waals surface area contributed by atoms with E-state index in [-0.39, 0.29) is 12.0 Å². The highest BCUT2D eigenvalue weighted by molar-refractivity contribution is 5.92. The van der Waals surface area contributed by atoms with Gasteiger partial charge in [0.05, 0.1) is 19.2 Å². The molecule has 0 unspecified atom stereocenters. The van der Waals surface area contributed by atoms with E-state index in [2.05, 4.69) is 53.1 Å². The van der Waals surface area contributed by atoms with Crippen molar-refractivity contribution in [3.05, 3.63) is 53.9 Å². The molecule has 1 saturated heterocycles. The summed E-state index contributed by atoms with van der Waals surface area (Å²) in [5.74, 6) is 3.52. The highest BCUT2D eigenvalue weighted by atomic mass is 16.5. The van der Waals surface area contributed by atoms with Gasteiger partial charge in [0.15, 0.2) is 0 Å². The van der Waals surface area contributed by atoms with Crippen LogP contribution in [0.3, 0.4) is 0 Å². The molecular weight excluding hydrogens is 412 g/mol. The third kappa shape index (κ3) is 4.24. The molecule has 5 rings (SSSR count). The molecule has 2 heterocycles. The Morgan fingerprint density at radius 1 is 1.12 bits per heavy atom. The predicted molar refractivity (Wildman–Crippen MR) is 134 cm³/mol. The number of hydrogen-bond donors (Lipinski definition) is 1. The summed E-state index contributed by atoms with van der Waals surface area (Å²) in [6.07, 6.45) is 4.46. The van der Waals surface area contributed by atoms with Crippen molar-refractivity contribution in [3.63, 3.8) is 0 Å². The molecular formula is C27H34N4O2. The van der Waals surface area contributed by atoms with Crippen molar-refractivity contribution >= 4 is 22.4 Å². The van der Waals surface area contributed by atoms with E-state index in [4.69, 9.17) is 14.7 Å². The highest BCUT2D eigenvalue weighted by Gasteiger charge is 2.42. The lowest BCUT2D eigenvalue weighted by Gasteiger charge is -2.34. The molecule has 1 aliphatic heterocycles. The van der Waals surface area contributed by atoms with Crippen LogP contribution < -0.4 is 14.5 Å². The van der Waals surface area contributed by atoms with Gasteiger partial charge in [0, 0.05) is 43.2 Å². The molecule has 0 bridgehead atoms. The van der Waals surface area contributed by atoms with Crippen molar-refractivity contribution < 1.29 is 9.84 Å². The van der Waals surface area contributed by atoms with E-state index in [0.717, 1.165) is 72.8 Å². The Hall–Kier alpha value is -2.86. The van der Waals surface area contributed by atoms with E-state index >= 15 is 0 Å². The number of para-hydroxylation sites is 1. The summed E-state index contributed by atoms with van der Waals surface area (Å²) in [6.45, 7) is 4.92. The van der Waals surface area contributed by atoms with Crippen LogP contribution in [0.15, 0.2) is 42.5 Å². The molecule has 0 amide bonds. The summed E-state index contributed by atoms with van der Waals surface area (Å²) in [7, 11) is 3.77. The molecule has 33 heavy (non-hydrogen) atoms. The van der Waals surface area contributed by atoms with Gasteiger partial charge < -0.3 is 19.6 Å². The SMILES string of the molecule is COc1ccccc1C1CCN(c2nc(C3(C)CC3)nc3ccc(N(C)CCO)cc23)CC1. The fraction of sp³-hybridized carbons (Fsp3) is 0.481. The average molecular weight is 447 g/mol. The van der Waals surface area contributed by atoms with Crippen LogP contribution in [0, 0.1) is 0 Å². The van der Waals surface area contributed by atoms with Gasteiger partial charge in [0.25, 0.3) is 0 Å². The number of aliphatic hydroxyl groups is 1. The van der Waals surface area contributed by atoms with Gasteiger partial charge >= 0.3 is 0 Å². The zero-order valence-electron chi connectivity index (χ0n) is 19.9. The first-order valence-electron chi connectivity index (χ1n) is 12.0. The number of benzene rings is 2. The Balaban J connectivity index is 1.48. The molecule has 1 N–H and O–H groups in total. The maximum absolute atomic E-state index is 9.38. The fourth-order valence-electron chi connectivity index (χ4n) is 4.94. The first-order valence-corrected chi connectivity index (χ1v) is 12.0. The molecule has 2 aliphatic rings. The lowest BCUT2D eigenvalue weighted by atomic mass is 9.88. The number of aromatic nitrogens is 2. The molecule has 3 aromatic rings. The molecule has 1 aromatic heterocycles. The summed E-state index contributed by atoms with van der Waals surface area (Å²) in [4.78, 5) is 14.7. The van der Waals surface area contributed by atoms with Gasteiger partial charge in [-0.25, -0.2) is 9.97 Å². The fourth-order valence-corrected chi connectivity index (χ4v) is 4.94. The standard InChI is InChI=1S/C27H34N4O2/c1-27(12-13-27)26-28-23-9-8-20(30(2)16-17-32)18-22(23)25(29-26)31-14-10-19(11-15-31)21-6-4-5-7-24(21)33-3/h4-9,18-19,32H,10-17H2,1-3H3. The molecule has 0 atom stereocenters. The number of hydrogen-bond acceptors (Lipinski definition) is 6. The van der Waals surface area contributed by atoms with Crippen molar-refractivity contribution in [1.82, 2.24) is 9.97 Å². The van der Waals surface area contributed by atoms with Crippen LogP contribution >= 0.6 is 0 Å². The number of rotatable bonds is 7. The van der Waals surface area contributed by atoms with Crippen molar-refractivity contribution in [2.45, 2.75) is 43.9 Å². The number of methoxy groups -OCH3 is 1. The average Bonchev–Trinajstić information content (AvgIpc) is 3.61. The molecule has 6 nitrogen and oxygen atoms in total. The Morgan fingerprint density at radius 3 is 2.58 bits per heavy atom. The highest BCUT2D eigenvalue weighted by Crippen LogP contribution is 2.47.